The highest BCUT2D eigenvalue weighted by Crippen LogP contribution is 2.57. The molecule has 1 aliphatic carbocycles. The van der Waals surface area contributed by atoms with Gasteiger partial charge in [0.25, 0.3) is 0 Å². The molecule has 132 valence electrons. The fourth-order valence-electron chi connectivity index (χ4n) is 4.04. The van der Waals surface area contributed by atoms with Gasteiger partial charge in [-0.15, -0.1) is 0 Å². The Morgan fingerprint density at radius 3 is 2.50 bits per heavy atom. The molecule has 4 heteroatoms. The van der Waals surface area contributed by atoms with E-state index in [-0.39, 0.29) is 11.3 Å². The summed E-state index contributed by atoms with van der Waals surface area (Å²) in [5.41, 5.74) is 3.98. The number of rotatable bonds is 4. The number of pyridine rings is 1. The Hall–Kier alpha value is -2.88. The largest absolute Gasteiger partial charge is 0.505 e. The van der Waals surface area contributed by atoms with Crippen LogP contribution in [0.5, 0.6) is 5.75 Å². The van der Waals surface area contributed by atoms with E-state index in [1.807, 2.05) is 44.2 Å². The van der Waals surface area contributed by atoms with Crippen LogP contribution in [0.4, 0.5) is 0 Å². The lowest BCUT2D eigenvalue weighted by atomic mass is 9.86. The molecule has 0 bridgehead atoms. The van der Waals surface area contributed by atoms with Crippen molar-refractivity contribution in [1.29, 1.82) is 0 Å². The second kappa shape index (κ2) is 5.84. The molecular weight excluding hydrogens is 326 g/mol. The SMILES string of the molecule is CCc1cccc2c(C(=O)O)c(O)c(C3(c4ccccc4C)CC3)nc12. The highest BCUT2D eigenvalue weighted by atomic mass is 16.4. The summed E-state index contributed by atoms with van der Waals surface area (Å²) in [6.07, 6.45) is 2.47. The van der Waals surface area contributed by atoms with Gasteiger partial charge in [-0.1, -0.05) is 49.4 Å². The van der Waals surface area contributed by atoms with Gasteiger partial charge in [0.1, 0.15) is 5.56 Å². The maximum atomic E-state index is 12.0. The number of para-hydroxylation sites is 1. The Balaban J connectivity index is 2.07. The van der Waals surface area contributed by atoms with E-state index in [9.17, 15) is 15.0 Å². The fourth-order valence-corrected chi connectivity index (χ4v) is 4.04. The summed E-state index contributed by atoms with van der Waals surface area (Å²) in [5.74, 6) is -1.32. The number of aromatic carboxylic acids is 1. The van der Waals surface area contributed by atoms with Crippen molar-refractivity contribution in [1.82, 2.24) is 4.98 Å². The molecule has 0 aliphatic heterocycles. The average molecular weight is 347 g/mol. The zero-order valence-corrected chi connectivity index (χ0v) is 14.9. The van der Waals surface area contributed by atoms with Crippen LogP contribution in [-0.2, 0) is 11.8 Å². The molecule has 1 heterocycles. The van der Waals surface area contributed by atoms with Gasteiger partial charge >= 0.3 is 5.97 Å². The van der Waals surface area contributed by atoms with Crippen LogP contribution < -0.4 is 0 Å². The topological polar surface area (TPSA) is 70.4 Å². The van der Waals surface area contributed by atoms with Gasteiger partial charge in [0.2, 0.25) is 0 Å². The molecule has 4 rings (SSSR count). The number of benzene rings is 2. The second-order valence-electron chi connectivity index (χ2n) is 7.05. The van der Waals surface area contributed by atoms with Crippen molar-refractivity contribution in [3.05, 3.63) is 70.4 Å². The van der Waals surface area contributed by atoms with Crippen molar-refractivity contribution >= 4 is 16.9 Å². The van der Waals surface area contributed by atoms with Crippen molar-refractivity contribution in [2.75, 3.05) is 0 Å². The molecule has 2 aromatic carbocycles. The molecule has 3 aromatic rings. The summed E-state index contributed by atoms with van der Waals surface area (Å²) in [7, 11) is 0. The van der Waals surface area contributed by atoms with Crippen LogP contribution in [0.1, 0.15) is 52.5 Å². The minimum atomic E-state index is -1.12. The van der Waals surface area contributed by atoms with Gasteiger partial charge in [0.05, 0.1) is 11.2 Å². The maximum absolute atomic E-state index is 12.0. The summed E-state index contributed by atoms with van der Waals surface area (Å²) in [5, 5.41) is 21.2. The number of carbonyl (C=O) groups is 1. The predicted octanol–water partition coefficient (Wildman–Crippen LogP) is 4.59. The van der Waals surface area contributed by atoms with Crippen LogP contribution in [0.2, 0.25) is 0 Å². The monoisotopic (exact) mass is 347 g/mol. The van der Waals surface area contributed by atoms with Gasteiger partial charge in [0, 0.05) is 10.8 Å². The molecular formula is C22H21NO3. The lowest BCUT2D eigenvalue weighted by Crippen LogP contribution is -2.15. The van der Waals surface area contributed by atoms with Crippen molar-refractivity contribution in [3.8, 4) is 5.75 Å². The number of aryl methyl sites for hydroxylation is 2. The first-order valence-electron chi connectivity index (χ1n) is 8.94. The van der Waals surface area contributed by atoms with Gasteiger partial charge in [-0.3, -0.25) is 0 Å². The van der Waals surface area contributed by atoms with Gasteiger partial charge in [0.15, 0.2) is 5.75 Å². The standard InChI is InChI=1S/C22H21NO3/c1-3-14-8-6-9-15-17(21(25)26)19(24)20(23-18(14)15)22(11-12-22)16-10-5-4-7-13(16)2/h4-10,24H,3,11-12H2,1-2H3,(H,25,26). The van der Waals surface area contributed by atoms with Crippen LogP contribution in [0.3, 0.4) is 0 Å². The van der Waals surface area contributed by atoms with E-state index in [0.717, 1.165) is 36.0 Å². The van der Waals surface area contributed by atoms with E-state index in [1.54, 1.807) is 6.07 Å². The maximum Gasteiger partial charge on any atom is 0.340 e. The average Bonchev–Trinajstić information content (AvgIpc) is 3.42. The van der Waals surface area contributed by atoms with Crippen LogP contribution in [0, 0.1) is 6.92 Å². The Morgan fingerprint density at radius 1 is 1.15 bits per heavy atom. The van der Waals surface area contributed by atoms with Crippen molar-refractivity contribution < 1.29 is 15.0 Å². The van der Waals surface area contributed by atoms with Crippen molar-refractivity contribution in [2.45, 2.75) is 38.5 Å². The molecule has 0 amide bonds. The summed E-state index contributed by atoms with van der Waals surface area (Å²) >= 11 is 0. The fraction of sp³-hybridized carbons (Fsp3) is 0.273. The lowest BCUT2D eigenvalue weighted by molar-refractivity contribution is 0.0695. The third-order valence-electron chi connectivity index (χ3n) is 5.53. The number of fused-ring (bicyclic) bond motifs is 1. The molecule has 4 nitrogen and oxygen atoms in total. The molecule has 0 atom stereocenters. The molecule has 0 spiro atoms. The van der Waals surface area contributed by atoms with E-state index in [1.165, 1.54) is 0 Å². The Bertz CT molecular complexity index is 1030. The molecule has 0 unspecified atom stereocenters. The first-order chi connectivity index (χ1) is 12.5. The van der Waals surface area contributed by atoms with Crippen LogP contribution in [-0.4, -0.2) is 21.2 Å². The highest BCUT2D eigenvalue weighted by molar-refractivity contribution is 6.06. The normalized spacial score (nSPS) is 15.2. The number of hydrogen-bond donors (Lipinski definition) is 2. The molecule has 1 aromatic heterocycles. The first-order valence-corrected chi connectivity index (χ1v) is 8.94. The van der Waals surface area contributed by atoms with Crippen molar-refractivity contribution in [2.24, 2.45) is 0 Å². The van der Waals surface area contributed by atoms with Gasteiger partial charge in [-0.05, 0) is 42.9 Å². The Morgan fingerprint density at radius 2 is 1.88 bits per heavy atom. The van der Waals surface area contributed by atoms with Crippen molar-refractivity contribution in [3.63, 3.8) is 0 Å². The molecule has 1 saturated carbocycles. The molecule has 26 heavy (non-hydrogen) atoms. The smallest absolute Gasteiger partial charge is 0.340 e. The van der Waals surface area contributed by atoms with Gasteiger partial charge < -0.3 is 10.2 Å². The lowest BCUT2D eigenvalue weighted by Gasteiger charge is -2.21. The van der Waals surface area contributed by atoms with Gasteiger partial charge in [-0.25, -0.2) is 9.78 Å². The van der Waals surface area contributed by atoms with Crippen LogP contribution in [0.15, 0.2) is 42.5 Å². The molecule has 0 radical (unpaired) electrons. The molecule has 2 N–H and O–H groups in total. The number of carboxylic acid groups (broad SMARTS) is 1. The highest BCUT2D eigenvalue weighted by Gasteiger charge is 2.50. The summed E-state index contributed by atoms with van der Waals surface area (Å²) < 4.78 is 0. The number of aromatic nitrogens is 1. The second-order valence-corrected chi connectivity index (χ2v) is 7.05. The number of nitrogens with zero attached hydrogens (tertiary/aromatic N) is 1. The van der Waals surface area contributed by atoms with Crippen LogP contribution >= 0.6 is 0 Å². The number of carboxylic acids is 1. The third-order valence-corrected chi connectivity index (χ3v) is 5.53. The molecule has 0 saturated heterocycles. The van der Waals surface area contributed by atoms with E-state index < -0.39 is 11.4 Å². The van der Waals surface area contributed by atoms with E-state index in [4.69, 9.17) is 4.98 Å². The van der Waals surface area contributed by atoms with E-state index in [2.05, 4.69) is 6.07 Å². The number of hydrogen-bond acceptors (Lipinski definition) is 3. The Kier molecular flexibility index (Phi) is 3.72. The van der Waals surface area contributed by atoms with Crippen LogP contribution in [0.25, 0.3) is 10.9 Å². The van der Waals surface area contributed by atoms with Gasteiger partial charge in [-0.2, -0.15) is 0 Å². The van der Waals surface area contributed by atoms with E-state index >= 15 is 0 Å². The predicted molar refractivity (Wildman–Crippen MR) is 101 cm³/mol. The first kappa shape index (κ1) is 16.6. The Labute approximate surface area is 152 Å². The third kappa shape index (κ3) is 2.29. The minimum Gasteiger partial charge on any atom is -0.505 e. The quantitative estimate of drug-likeness (QED) is 0.724. The summed E-state index contributed by atoms with van der Waals surface area (Å²) in [6.45, 7) is 4.07. The molecule has 1 fully saturated rings. The zero-order valence-electron chi connectivity index (χ0n) is 14.9. The molecule has 1 aliphatic rings. The summed E-state index contributed by atoms with van der Waals surface area (Å²) in [4.78, 5) is 16.8. The summed E-state index contributed by atoms with van der Waals surface area (Å²) in [6, 6.07) is 13.6. The number of aromatic hydroxyl groups is 1. The minimum absolute atomic E-state index is 0.0415. The van der Waals surface area contributed by atoms with E-state index in [0.29, 0.717) is 16.6 Å². The zero-order chi connectivity index (χ0) is 18.5.